The summed E-state index contributed by atoms with van der Waals surface area (Å²) < 4.78 is 13.3. The maximum atomic E-state index is 11.7. The monoisotopic (exact) mass is 386 g/mol. The van der Waals surface area contributed by atoms with E-state index in [2.05, 4.69) is 20.5 Å². The first kappa shape index (κ1) is 18.7. The summed E-state index contributed by atoms with van der Waals surface area (Å²) >= 11 is 0. The van der Waals surface area contributed by atoms with Gasteiger partial charge in [-0.2, -0.15) is 0 Å². The van der Waals surface area contributed by atoms with E-state index in [1.807, 2.05) is 33.8 Å². The van der Waals surface area contributed by atoms with E-state index in [-0.39, 0.29) is 12.1 Å². The van der Waals surface area contributed by atoms with Crippen molar-refractivity contribution in [2.24, 2.45) is 0 Å². The SMILES string of the molecule is CNC(=O)N1CCN(Cc2nnn3c2CO[C@H](c2ccc(OC)cc2)C3)CC1. The number of carbonyl (C=O) groups excluding carboxylic acids is 1. The number of aromatic nitrogens is 3. The van der Waals surface area contributed by atoms with E-state index in [4.69, 9.17) is 9.47 Å². The molecule has 0 saturated carbocycles. The van der Waals surface area contributed by atoms with Crippen LogP contribution in [0.5, 0.6) is 5.75 Å². The molecule has 9 nitrogen and oxygen atoms in total. The Morgan fingerprint density at radius 2 is 2.00 bits per heavy atom. The van der Waals surface area contributed by atoms with E-state index in [0.29, 0.717) is 13.2 Å². The number of fused-ring (bicyclic) bond motifs is 1. The second-order valence-corrected chi connectivity index (χ2v) is 7.06. The normalized spacial score (nSPS) is 19.9. The minimum absolute atomic E-state index is 0.0151. The van der Waals surface area contributed by atoms with Crippen LogP contribution in [0.25, 0.3) is 0 Å². The lowest BCUT2D eigenvalue weighted by molar-refractivity contribution is -0.00220. The number of hydrogen-bond acceptors (Lipinski definition) is 6. The van der Waals surface area contributed by atoms with Gasteiger partial charge in [-0.25, -0.2) is 9.48 Å². The lowest BCUT2D eigenvalue weighted by atomic mass is 10.1. The van der Waals surface area contributed by atoms with Crippen molar-refractivity contribution in [1.29, 1.82) is 0 Å². The van der Waals surface area contributed by atoms with Gasteiger partial charge >= 0.3 is 6.03 Å². The maximum Gasteiger partial charge on any atom is 0.317 e. The first-order chi connectivity index (χ1) is 13.7. The van der Waals surface area contributed by atoms with E-state index in [1.165, 1.54) is 0 Å². The summed E-state index contributed by atoms with van der Waals surface area (Å²) in [5.41, 5.74) is 3.11. The minimum atomic E-state index is -0.0379. The van der Waals surface area contributed by atoms with Crippen molar-refractivity contribution in [3.63, 3.8) is 0 Å². The van der Waals surface area contributed by atoms with E-state index >= 15 is 0 Å². The molecule has 0 unspecified atom stereocenters. The van der Waals surface area contributed by atoms with E-state index in [1.54, 1.807) is 14.2 Å². The summed E-state index contributed by atoms with van der Waals surface area (Å²) in [6, 6.07) is 7.92. The zero-order valence-electron chi connectivity index (χ0n) is 16.3. The number of piperazine rings is 1. The van der Waals surface area contributed by atoms with Gasteiger partial charge in [-0.1, -0.05) is 17.3 Å². The molecular formula is C19H26N6O3. The standard InChI is InChI=1S/C19H26N6O3/c1-20-19(26)24-9-7-23(8-10-24)11-16-17-13-28-18(12-25(17)22-21-16)14-3-5-15(27-2)6-4-14/h3-6,18H,7-13H2,1-2H3,(H,20,26)/t18-/m0/s1. The van der Waals surface area contributed by atoms with Crippen molar-refractivity contribution in [2.75, 3.05) is 40.3 Å². The van der Waals surface area contributed by atoms with Gasteiger partial charge in [0, 0.05) is 39.8 Å². The van der Waals surface area contributed by atoms with Gasteiger partial charge in [-0.05, 0) is 17.7 Å². The van der Waals surface area contributed by atoms with Gasteiger partial charge < -0.3 is 19.7 Å². The number of methoxy groups -OCH3 is 1. The third-order valence-corrected chi connectivity index (χ3v) is 5.41. The van der Waals surface area contributed by atoms with Crippen LogP contribution in [0, 0.1) is 0 Å². The summed E-state index contributed by atoms with van der Waals surface area (Å²) in [7, 11) is 3.32. The van der Waals surface area contributed by atoms with Crippen LogP contribution >= 0.6 is 0 Å². The van der Waals surface area contributed by atoms with E-state index < -0.39 is 0 Å². The molecule has 0 aliphatic carbocycles. The molecule has 0 bridgehead atoms. The lowest BCUT2D eigenvalue weighted by Crippen LogP contribution is -2.50. The molecule has 2 aliphatic rings. The predicted molar refractivity (Wildman–Crippen MR) is 102 cm³/mol. The molecule has 3 heterocycles. The van der Waals surface area contributed by atoms with E-state index in [9.17, 15) is 4.79 Å². The van der Waals surface area contributed by atoms with Crippen molar-refractivity contribution in [2.45, 2.75) is 25.8 Å². The molecule has 9 heteroatoms. The van der Waals surface area contributed by atoms with Gasteiger partial charge in [0.25, 0.3) is 0 Å². The second kappa shape index (κ2) is 8.15. The topological polar surface area (TPSA) is 84.8 Å². The van der Waals surface area contributed by atoms with E-state index in [0.717, 1.165) is 55.4 Å². The molecule has 1 fully saturated rings. The highest BCUT2D eigenvalue weighted by atomic mass is 16.5. The molecule has 1 atom stereocenters. The number of rotatable bonds is 4. The van der Waals surface area contributed by atoms with Crippen LogP contribution in [0.1, 0.15) is 23.1 Å². The number of benzene rings is 1. The molecule has 28 heavy (non-hydrogen) atoms. The smallest absolute Gasteiger partial charge is 0.317 e. The van der Waals surface area contributed by atoms with Gasteiger partial charge in [0.05, 0.1) is 26.0 Å². The summed E-state index contributed by atoms with van der Waals surface area (Å²) in [6.07, 6.45) is -0.0379. The molecule has 150 valence electrons. The highest BCUT2D eigenvalue weighted by Crippen LogP contribution is 2.28. The number of amides is 2. The third-order valence-electron chi connectivity index (χ3n) is 5.41. The molecule has 1 N–H and O–H groups in total. The zero-order chi connectivity index (χ0) is 19.5. The molecule has 2 aliphatic heterocycles. The van der Waals surface area contributed by atoms with Crippen molar-refractivity contribution in [3.8, 4) is 5.75 Å². The molecule has 1 saturated heterocycles. The van der Waals surface area contributed by atoms with Crippen LogP contribution in [0.15, 0.2) is 24.3 Å². The Labute approximate surface area is 164 Å². The number of ether oxygens (including phenoxy) is 2. The molecular weight excluding hydrogens is 360 g/mol. The minimum Gasteiger partial charge on any atom is -0.497 e. The van der Waals surface area contributed by atoms with Crippen molar-refractivity contribution in [3.05, 3.63) is 41.2 Å². The molecule has 2 amide bonds. The van der Waals surface area contributed by atoms with Gasteiger partial charge in [0.2, 0.25) is 0 Å². The summed E-state index contributed by atoms with van der Waals surface area (Å²) in [5, 5.41) is 11.4. The first-order valence-corrected chi connectivity index (χ1v) is 9.53. The van der Waals surface area contributed by atoms with Crippen LogP contribution in [0.2, 0.25) is 0 Å². The number of hydrogen-bond donors (Lipinski definition) is 1. The van der Waals surface area contributed by atoms with Crippen LogP contribution < -0.4 is 10.1 Å². The lowest BCUT2D eigenvalue weighted by Gasteiger charge is -2.34. The Morgan fingerprint density at radius 1 is 1.25 bits per heavy atom. The second-order valence-electron chi connectivity index (χ2n) is 7.06. The van der Waals surface area contributed by atoms with Crippen molar-refractivity contribution in [1.82, 2.24) is 30.1 Å². The molecule has 0 radical (unpaired) electrons. The van der Waals surface area contributed by atoms with Crippen molar-refractivity contribution < 1.29 is 14.3 Å². The fraction of sp³-hybridized carbons (Fsp3) is 0.526. The molecule has 4 rings (SSSR count). The number of nitrogens with one attached hydrogen (secondary N) is 1. The Balaban J connectivity index is 1.37. The Hall–Kier alpha value is -2.65. The third kappa shape index (κ3) is 3.81. The highest BCUT2D eigenvalue weighted by molar-refractivity contribution is 5.73. The Bertz CT molecular complexity index is 814. The molecule has 1 aromatic heterocycles. The van der Waals surface area contributed by atoms with Crippen LogP contribution in [-0.4, -0.2) is 71.2 Å². The average Bonchev–Trinajstić information content (AvgIpc) is 3.15. The number of nitrogens with zero attached hydrogens (tertiary/aromatic N) is 5. The zero-order valence-corrected chi connectivity index (χ0v) is 16.3. The Morgan fingerprint density at radius 3 is 2.68 bits per heavy atom. The summed E-state index contributed by atoms with van der Waals surface area (Å²) in [4.78, 5) is 15.9. The largest absolute Gasteiger partial charge is 0.497 e. The average molecular weight is 386 g/mol. The molecule has 0 spiro atoms. The van der Waals surface area contributed by atoms with Crippen LogP contribution in [0.4, 0.5) is 4.79 Å². The fourth-order valence-corrected chi connectivity index (χ4v) is 3.68. The summed E-state index contributed by atoms with van der Waals surface area (Å²) in [6.45, 7) is 4.98. The van der Waals surface area contributed by atoms with Crippen LogP contribution in [0.3, 0.4) is 0 Å². The number of urea groups is 1. The molecule has 1 aromatic carbocycles. The number of carbonyl (C=O) groups is 1. The van der Waals surface area contributed by atoms with Gasteiger partial charge in [-0.3, -0.25) is 4.90 Å². The highest BCUT2D eigenvalue weighted by Gasteiger charge is 2.27. The van der Waals surface area contributed by atoms with Gasteiger partial charge in [0.15, 0.2) is 0 Å². The van der Waals surface area contributed by atoms with Crippen molar-refractivity contribution >= 4 is 6.03 Å². The summed E-state index contributed by atoms with van der Waals surface area (Å²) in [5.74, 6) is 0.833. The first-order valence-electron chi connectivity index (χ1n) is 9.53. The predicted octanol–water partition coefficient (Wildman–Crippen LogP) is 1.02. The molecule has 2 aromatic rings. The maximum absolute atomic E-state index is 11.7. The fourth-order valence-electron chi connectivity index (χ4n) is 3.68. The van der Waals surface area contributed by atoms with Gasteiger partial charge in [-0.15, -0.1) is 5.10 Å². The van der Waals surface area contributed by atoms with Gasteiger partial charge in [0.1, 0.15) is 17.5 Å². The Kier molecular flexibility index (Phi) is 5.45. The quantitative estimate of drug-likeness (QED) is 0.844. The van der Waals surface area contributed by atoms with Crippen LogP contribution in [-0.2, 0) is 24.4 Å².